The maximum Gasteiger partial charge on any atom is 0.223 e. The average molecular weight is 252 g/mol. The summed E-state index contributed by atoms with van der Waals surface area (Å²) in [5, 5.41) is 3.55. The molecule has 1 saturated heterocycles. The Morgan fingerprint density at radius 1 is 1.11 bits per heavy atom. The van der Waals surface area contributed by atoms with Crippen LogP contribution in [0.2, 0.25) is 0 Å². The highest BCUT2D eigenvalue weighted by Gasteiger charge is 2.20. The second-order valence-corrected chi connectivity index (χ2v) is 6.10. The van der Waals surface area contributed by atoms with Crippen LogP contribution in [0.4, 0.5) is 0 Å². The summed E-state index contributed by atoms with van der Waals surface area (Å²) in [5.41, 5.74) is 0. The third-order valence-electron chi connectivity index (χ3n) is 4.51. The minimum atomic E-state index is 0.352. The molecule has 1 amide bonds. The molecule has 1 aliphatic heterocycles. The highest BCUT2D eigenvalue weighted by atomic mass is 16.2. The normalized spacial score (nSPS) is 23.3. The fraction of sp³-hybridized carbons (Fsp3) is 0.933. The molecule has 3 heteroatoms. The average Bonchev–Trinajstić information content (AvgIpc) is 2.40. The van der Waals surface area contributed by atoms with E-state index in [4.69, 9.17) is 0 Å². The third-order valence-corrected chi connectivity index (χ3v) is 4.51. The molecule has 18 heavy (non-hydrogen) atoms. The Kier molecular flexibility index (Phi) is 5.48. The fourth-order valence-electron chi connectivity index (χ4n) is 3.11. The van der Waals surface area contributed by atoms with E-state index >= 15 is 0 Å². The van der Waals surface area contributed by atoms with E-state index in [-0.39, 0.29) is 0 Å². The number of amides is 1. The molecule has 0 bridgehead atoms. The molecule has 1 N–H and O–H groups in total. The summed E-state index contributed by atoms with van der Waals surface area (Å²) in [7, 11) is 0. The first-order valence-corrected chi connectivity index (χ1v) is 7.77. The van der Waals surface area contributed by atoms with Crippen molar-refractivity contribution in [3.63, 3.8) is 0 Å². The van der Waals surface area contributed by atoms with Gasteiger partial charge < -0.3 is 10.2 Å². The van der Waals surface area contributed by atoms with E-state index < -0.39 is 0 Å². The highest BCUT2D eigenvalue weighted by Crippen LogP contribution is 2.18. The van der Waals surface area contributed by atoms with Crippen LogP contribution in [0.5, 0.6) is 0 Å². The van der Waals surface area contributed by atoms with E-state index in [9.17, 15) is 4.79 Å². The largest absolute Gasteiger partial charge is 0.343 e. The molecule has 1 aliphatic carbocycles. The summed E-state index contributed by atoms with van der Waals surface area (Å²) in [4.78, 5) is 14.1. The first kappa shape index (κ1) is 13.9. The highest BCUT2D eigenvalue weighted by molar-refractivity contribution is 5.76. The van der Waals surface area contributed by atoms with Crippen molar-refractivity contribution >= 4 is 5.91 Å². The Morgan fingerprint density at radius 2 is 1.78 bits per heavy atom. The van der Waals surface area contributed by atoms with E-state index in [0.717, 1.165) is 25.6 Å². The lowest BCUT2D eigenvalue weighted by Crippen LogP contribution is -2.40. The quantitative estimate of drug-likeness (QED) is 0.834. The van der Waals surface area contributed by atoms with Gasteiger partial charge in [-0.2, -0.15) is 0 Å². The molecule has 0 aromatic rings. The molecule has 0 atom stereocenters. The number of carbonyl (C=O) groups excluding carboxylic acids is 1. The predicted molar refractivity (Wildman–Crippen MR) is 74.5 cm³/mol. The Balaban J connectivity index is 1.59. The molecule has 0 radical (unpaired) electrons. The van der Waals surface area contributed by atoms with Gasteiger partial charge in [-0.05, 0) is 31.6 Å². The van der Waals surface area contributed by atoms with E-state index in [1.807, 2.05) is 0 Å². The predicted octanol–water partition coefficient (Wildman–Crippen LogP) is 2.56. The third kappa shape index (κ3) is 4.27. The summed E-state index contributed by atoms with van der Waals surface area (Å²) in [6.45, 7) is 5.11. The molecule has 104 valence electrons. The van der Waals surface area contributed by atoms with Gasteiger partial charge in [0.05, 0.1) is 0 Å². The van der Waals surface area contributed by atoms with Crippen molar-refractivity contribution in [1.29, 1.82) is 0 Å². The van der Waals surface area contributed by atoms with Crippen molar-refractivity contribution < 1.29 is 4.79 Å². The smallest absolute Gasteiger partial charge is 0.223 e. The number of hydrogen-bond donors (Lipinski definition) is 1. The van der Waals surface area contributed by atoms with E-state index in [2.05, 4.69) is 17.1 Å². The lowest BCUT2D eigenvalue weighted by molar-refractivity contribution is -0.132. The molecular weight excluding hydrogens is 224 g/mol. The van der Waals surface area contributed by atoms with Crippen LogP contribution in [0.15, 0.2) is 0 Å². The molecule has 1 heterocycles. The van der Waals surface area contributed by atoms with E-state index in [1.165, 1.54) is 44.9 Å². The topological polar surface area (TPSA) is 32.3 Å². The zero-order valence-electron chi connectivity index (χ0n) is 11.8. The van der Waals surface area contributed by atoms with Gasteiger partial charge >= 0.3 is 0 Å². The van der Waals surface area contributed by atoms with Gasteiger partial charge in [0, 0.05) is 32.1 Å². The van der Waals surface area contributed by atoms with Crippen molar-refractivity contribution in [2.24, 2.45) is 5.92 Å². The van der Waals surface area contributed by atoms with Crippen LogP contribution in [-0.2, 0) is 4.79 Å². The molecule has 1 saturated carbocycles. The molecule has 0 aromatic carbocycles. The maximum absolute atomic E-state index is 12.0. The number of carbonyl (C=O) groups is 1. The number of piperidine rings is 1. The monoisotopic (exact) mass is 252 g/mol. The molecule has 2 rings (SSSR count). The molecule has 3 nitrogen and oxygen atoms in total. The summed E-state index contributed by atoms with van der Waals surface area (Å²) in [6.07, 6.45) is 9.76. The van der Waals surface area contributed by atoms with Gasteiger partial charge in [0.15, 0.2) is 0 Å². The number of nitrogens with one attached hydrogen (secondary N) is 1. The van der Waals surface area contributed by atoms with Gasteiger partial charge in [-0.15, -0.1) is 0 Å². The maximum atomic E-state index is 12.0. The molecular formula is C15H28N2O. The standard InChI is InChI=1S/C15H28N2O/c1-13-8-11-17(12-9-13)15(18)7-10-16-14-5-3-2-4-6-14/h13-14,16H,2-12H2,1H3. The van der Waals surface area contributed by atoms with Gasteiger partial charge in [-0.1, -0.05) is 26.2 Å². The zero-order valence-corrected chi connectivity index (χ0v) is 11.8. The lowest BCUT2D eigenvalue weighted by atomic mass is 9.95. The van der Waals surface area contributed by atoms with Gasteiger partial charge in [0.2, 0.25) is 5.91 Å². The molecule has 0 aromatic heterocycles. The van der Waals surface area contributed by atoms with Crippen molar-refractivity contribution in [3.05, 3.63) is 0 Å². The van der Waals surface area contributed by atoms with Crippen LogP contribution in [0, 0.1) is 5.92 Å². The molecule has 0 spiro atoms. The van der Waals surface area contributed by atoms with Crippen molar-refractivity contribution in [1.82, 2.24) is 10.2 Å². The second-order valence-electron chi connectivity index (χ2n) is 6.10. The van der Waals surface area contributed by atoms with Crippen LogP contribution in [0.3, 0.4) is 0 Å². The molecule has 0 unspecified atom stereocenters. The molecule has 2 fully saturated rings. The van der Waals surface area contributed by atoms with Crippen LogP contribution < -0.4 is 5.32 Å². The van der Waals surface area contributed by atoms with Crippen molar-refractivity contribution in [3.8, 4) is 0 Å². The van der Waals surface area contributed by atoms with Crippen LogP contribution in [0.25, 0.3) is 0 Å². The second kappa shape index (κ2) is 7.13. The number of nitrogens with zero attached hydrogens (tertiary/aromatic N) is 1. The Morgan fingerprint density at radius 3 is 2.44 bits per heavy atom. The summed E-state index contributed by atoms with van der Waals surface area (Å²) in [6, 6.07) is 0.674. The van der Waals surface area contributed by atoms with Crippen LogP contribution in [-0.4, -0.2) is 36.5 Å². The van der Waals surface area contributed by atoms with Gasteiger partial charge in [0.25, 0.3) is 0 Å². The van der Waals surface area contributed by atoms with Crippen molar-refractivity contribution in [2.45, 2.75) is 64.3 Å². The number of likely N-dealkylation sites (tertiary alicyclic amines) is 1. The van der Waals surface area contributed by atoms with E-state index in [0.29, 0.717) is 18.4 Å². The van der Waals surface area contributed by atoms with Crippen LogP contribution >= 0.6 is 0 Å². The van der Waals surface area contributed by atoms with Crippen molar-refractivity contribution in [2.75, 3.05) is 19.6 Å². The first-order valence-electron chi connectivity index (χ1n) is 7.77. The summed E-state index contributed by atoms with van der Waals surface area (Å²) >= 11 is 0. The van der Waals surface area contributed by atoms with Gasteiger partial charge in [0.1, 0.15) is 0 Å². The number of hydrogen-bond acceptors (Lipinski definition) is 2. The zero-order chi connectivity index (χ0) is 12.8. The van der Waals surface area contributed by atoms with E-state index in [1.54, 1.807) is 0 Å². The fourth-order valence-corrected chi connectivity index (χ4v) is 3.11. The van der Waals surface area contributed by atoms with Gasteiger partial charge in [-0.3, -0.25) is 4.79 Å². The Hall–Kier alpha value is -0.570. The van der Waals surface area contributed by atoms with Crippen LogP contribution in [0.1, 0.15) is 58.3 Å². The minimum Gasteiger partial charge on any atom is -0.343 e. The summed E-state index contributed by atoms with van der Waals surface area (Å²) < 4.78 is 0. The van der Waals surface area contributed by atoms with Gasteiger partial charge in [-0.25, -0.2) is 0 Å². The Bertz CT molecular complexity index is 253. The first-order chi connectivity index (χ1) is 8.75. The summed E-state index contributed by atoms with van der Waals surface area (Å²) in [5.74, 6) is 1.15. The number of rotatable bonds is 4. The SMILES string of the molecule is CC1CCN(C(=O)CCNC2CCCCC2)CC1. The minimum absolute atomic E-state index is 0.352. The lowest BCUT2D eigenvalue weighted by Gasteiger charge is -2.30. The Labute approximate surface area is 111 Å². The molecule has 2 aliphatic rings.